The lowest BCUT2D eigenvalue weighted by Gasteiger charge is -2.28. The van der Waals surface area contributed by atoms with Gasteiger partial charge in [0.1, 0.15) is 12.1 Å². The number of morpholine rings is 1. The number of anilines is 1. The molecule has 1 saturated heterocycles. The predicted octanol–water partition coefficient (Wildman–Crippen LogP) is 3.31. The van der Waals surface area contributed by atoms with Crippen molar-refractivity contribution in [1.29, 1.82) is 0 Å². The highest BCUT2D eigenvalue weighted by atomic mass is 16.5. The second kappa shape index (κ2) is 9.96. The number of hydrogen-bond acceptors (Lipinski definition) is 8. The molecule has 5 rings (SSSR count). The van der Waals surface area contributed by atoms with Gasteiger partial charge in [-0.3, -0.25) is 0 Å². The summed E-state index contributed by atoms with van der Waals surface area (Å²) < 4.78 is 24.1. The maximum Gasteiger partial charge on any atom is 0.212 e. The summed E-state index contributed by atoms with van der Waals surface area (Å²) in [6, 6.07) is 11.8. The molecule has 1 fully saturated rings. The van der Waals surface area contributed by atoms with E-state index in [4.69, 9.17) is 23.9 Å². The average molecular weight is 462 g/mol. The smallest absolute Gasteiger partial charge is 0.212 e. The topological polar surface area (TPSA) is 83.8 Å². The number of imidazole rings is 1. The van der Waals surface area contributed by atoms with E-state index < -0.39 is 0 Å². The van der Waals surface area contributed by atoms with Crippen LogP contribution < -0.4 is 19.1 Å². The minimum absolute atomic E-state index is 0.383. The largest absolute Gasteiger partial charge is 0.493 e. The van der Waals surface area contributed by atoms with Crippen LogP contribution in [-0.2, 0) is 17.9 Å². The molecule has 0 aliphatic carbocycles. The molecule has 0 spiro atoms. The van der Waals surface area contributed by atoms with Crippen molar-refractivity contribution >= 4 is 16.9 Å². The summed E-state index contributed by atoms with van der Waals surface area (Å²) in [5, 5.41) is 0. The molecule has 176 valence electrons. The molecule has 9 heteroatoms. The fourth-order valence-corrected chi connectivity index (χ4v) is 3.95. The fourth-order valence-electron chi connectivity index (χ4n) is 3.95. The highest BCUT2D eigenvalue weighted by Gasteiger charge is 2.14. The molecule has 1 aliphatic rings. The molecule has 4 aromatic rings. The minimum atomic E-state index is 0.383. The van der Waals surface area contributed by atoms with Gasteiger partial charge in [-0.05, 0) is 29.8 Å². The predicted molar refractivity (Wildman–Crippen MR) is 128 cm³/mol. The summed E-state index contributed by atoms with van der Waals surface area (Å²) in [6.07, 6.45) is 5.48. The summed E-state index contributed by atoms with van der Waals surface area (Å²) in [6.45, 7) is 4.23. The first kappa shape index (κ1) is 22.0. The van der Waals surface area contributed by atoms with Gasteiger partial charge in [-0.25, -0.2) is 15.0 Å². The van der Waals surface area contributed by atoms with Gasteiger partial charge in [0, 0.05) is 30.9 Å². The van der Waals surface area contributed by atoms with Gasteiger partial charge in [0.25, 0.3) is 0 Å². The van der Waals surface area contributed by atoms with Crippen molar-refractivity contribution in [2.75, 3.05) is 45.4 Å². The lowest BCUT2D eigenvalue weighted by molar-refractivity contribution is 0.122. The third-order valence-electron chi connectivity index (χ3n) is 5.80. The first-order chi connectivity index (χ1) is 16.7. The quantitative estimate of drug-likeness (QED) is 0.395. The van der Waals surface area contributed by atoms with Gasteiger partial charge < -0.3 is 28.4 Å². The van der Waals surface area contributed by atoms with Crippen LogP contribution in [0.25, 0.3) is 11.2 Å². The van der Waals surface area contributed by atoms with E-state index >= 15 is 0 Å². The molecule has 9 nitrogen and oxygen atoms in total. The molecular weight excluding hydrogens is 434 g/mol. The number of ether oxygens (including phenoxy) is 4. The lowest BCUT2D eigenvalue weighted by Crippen LogP contribution is -2.36. The Morgan fingerprint density at radius 3 is 2.50 bits per heavy atom. The maximum absolute atomic E-state index is 5.97. The molecule has 0 unspecified atom stereocenters. The Labute approximate surface area is 197 Å². The van der Waals surface area contributed by atoms with E-state index in [0.29, 0.717) is 30.5 Å². The van der Waals surface area contributed by atoms with Crippen LogP contribution in [0.4, 0.5) is 5.69 Å². The maximum atomic E-state index is 5.97. The molecule has 0 saturated carbocycles. The van der Waals surface area contributed by atoms with Crippen LogP contribution >= 0.6 is 0 Å². The summed E-state index contributed by atoms with van der Waals surface area (Å²) >= 11 is 0. The van der Waals surface area contributed by atoms with E-state index in [1.807, 2.05) is 47.4 Å². The first-order valence-corrected chi connectivity index (χ1v) is 11.2. The van der Waals surface area contributed by atoms with E-state index in [1.54, 1.807) is 20.4 Å². The monoisotopic (exact) mass is 461 g/mol. The molecule has 0 amide bonds. The number of pyridine rings is 2. The number of aromatic nitrogens is 4. The van der Waals surface area contributed by atoms with Crippen molar-refractivity contribution < 1.29 is 18.9 Å². The molecule has 0 bridgehead atoms. The lowest BCUT2D eigenvalue weighted by atomic mass is 10.2. The van der Waals surface area contributed by atoms with Gasteiger partial charge in [-0.1, -0.05) is 6.07 Å². The van der Waals surface area contributed by atoms with Gasteiger partial charge in [0.05, 0.1) is 52.2 Å². The normalized spacial score (nSPS) is 13.8. The Morgan fingerprint density at radius 1 is 0.882 bits per heavy atom. The first-order valence-electron chi connectivity index (χ1n) is 11.2. The van der Waals surface area contributed by atoms with E-state index in [2.05, 4.69) is 20.9 Å². The van der Waals surface area contributed by atoms with Crippen LogP contribution in [-0.4, -0.2) is 60.0 Å². The summed E-state index contributed by atoms with van der Waals surface area (Å²) in [5.41, 5.74) is 4.82. The molecule has 0 atom stereocenters. The van der Waals surface area contributed by atoms with Gasteiger partial charge in [-0.2, -0.15) is 0 Å². The van der Waals surface area contributed by atoms with Crippen LogP contribution in [0.1, 0.15) is 11.1 Å². The standard InChI is InChI=1S/C25H27N5O4/c1-31-23-11-18(3-5-22(23)34-16-19-4-6-24(32-2)26-13-19)15-30-17-28-21-12-20(14-27-25(21)30)29-7-9-33-10-8-29/h3-6,11-14,17H,7-10,15-16H2,1-2H3. The molecule has 1 aromatic carbocycles. The number of benzene rings is 1. The van der Waals surface area contributed by atoms with Gasteiger partial charge in [0.2, 0.25) is 5.88 Å². The van der Waals surface area contributed by atoms with Crippen LogP contribution in [0.15, 0.2) is 55.1 Å². The molecule has 4 heterocycles. The molecule has 34 heavy (non-hydrogen) atoms. The van der Waals surface area contributed by atoms with Crippen molar-refractivity contribution in [2.45, 2.75) is 13.2 Å². The van der Waals surface area contributed by atoms with E-state index in [-0.39, 0.29) is 0 Å². The summed E-state index contributed by atoms with van der Waals surface area (Å²) in [5.74, 6) is 1.92. The van der Waals surface area contributed by atoms with Crippen molar-refractivity contribution in [3.8, 4) is 17.4 Å². The fraction of sp³-hybridized carbons (Fsp3) is 0.320. The number of hydrogen-bond donors (Lipinski definition) is 0. The Balaban J connectivity index is 1.29. The number of methoxy groups -OCH3 is 2. The highest BCUT2D eigenvalue weighted by molar-refractivity contribution is 5.75. The molecule has 3 aromatic heterocycles. The Bertz CT molecular complexity index is 1250. The molecule has 0 N–H and O–H groups in total. The number of rotatable bonds is 8. The van der Waals surface area contributed by atoms with Crippen LogP contribution in [0.2, 0.25) is 0 Å². The zero-order valence-electron chi connectivity index (χ0n) is 19.3. The Hall–Kier alpha value is -3.85. The Morgan fingerprint density at radius 2 is 1.74 bits per heavy atom. The van der Waals surface area contributed by atoms with Crippen molar-refractivity contribution in [2.24, 2.45) is 0 Å². The highest BCUT2D eigenvalue weighted by Crippen LogP contribution is 2.30. The number of fused-ring (bicyclic) bond motifs is 1. The average Bonchev–Trinajstić information content (AvgIpc) is 3.30. The van der Waals surface area contributed by atoms with E-state index in [9.17, 15) is 0 Å². The second-order valence-electron chi connectivity index (χ2n) is 7.99. The number of nitrogens with zero attached hydrogens (tertiary/aromatic N) is 5. The molecule has 0 radical (unpaired) electrons. The van der Waals surface area contributed by atoms with Gasteiger partial charge in [0.15, 0.2) is 17.1 Å². The zero-order valence-corrected chi connectivity index (χ0v) is 19.3. The third-order valence-corrected chi connectivity index (χ3v) is 5.80. The molecule has 1 aliphatic heterocycles. The van der Waals surface area contributed by atoms with Crippen molar-refractivity contribution in [1.82, 2.24) is 19.5 Å². The summed E-state index contributed by atoms with van der Waals surface area (Å²) in [4.78, 5) is 15.8. The van der Waals surface area contributed by atoms with Crippen LogP contribution in [0.5, 0.6) is 17.4 Å². The third kappa shape index (κ3) is 4.74. The second-order valence-corrected chi connectivity index (χ2v) is 7.99. The van der Waals surface area contributed by atoms with Gasteiger partial charge in [-0.15, -0.1) is 0 Å². The summed E-state index contributed by atoms with van der Waals surface area (Å²) in [7, 11) is 3.23. The van der Waals surface area contributed by atoms with Crippen LogP contribution in [0.3, 0.4) is 0 Å². The van der Waals surface area contributed by atoms with Gasteiger partial charge >= 0.3 is 0 Å². The van der Waals surface area contributed by atoms with Crippen molar-refractivity contribution in [3.05, 3.63) is 66.2 Å². The Kier molecular flexibility index (Phi) is 6.44. The van der Waals surface area contributed by atoms with Crippen LogP contribution in [0, 0.1) is 0 Å². The zero-order chi connectivity index (χ0) is 23.3. The van der Waals surface area contributed by atoms with E-state index in [0.717, 1.165) is 54.3 Å². The SMILES string of the molecule is COc1ccc(COc2ccc(Cn3cnc4cc(N5CCOCC5)cnc43)cc2OC)cn1. The van der Waals surface area contributed by atoms with Crippen molar-refractivity contribution in [3.63, 3.8) is 0 Å². The molecular formula is C25H27N5O4. The van der Waals surface area contributed by atoms with E-state index in [1.165, 1.54) is 0 Å². The minimum Gasteiger partial charge on any atom is -0.493 e.